The van der Waals surface area contributed by atoms with Crippen LogP contribution in [0.4, 0.5) is 11.4 Å². The molecule has 0 saturated heterocycles. The molecule has 2 aromatic carbocycles. The van der Waals surface area contributed by atoms with E-state index in [1.165, 1.54) is 23.8 Å². The van der Waals surface area contributed by atoms with E-state index in [1.54, 1.807) is 6.92 Å². The minimum Gasteiger partial charge on any atom is -0.322 e. The highest BCUT2D eigenvalue weighted by atomic mass is 16.6. The van der Waals surface area contributed by atoms with Crippen molar-refractivity contribution in [1.82, 2.24) is 0 Å². The lowest BCUT2D eigenvalue weighted by Crippen LogP contribution is -2.12. The summed E-state index contributed by atoms with van der Waals surface area (Å²) in [5.41, 5.74) is 2.85. The second-order valence-corrected chi connectivity index (χ2v) is 5.51. The van der Waals surface area contributed by atoms with Crippen LogP contribution >= 0.6 is 0 Å². The first-order valence-electron chi connectivity index (χ1n) is 7.66. The minimum atomic E-state index is -0.452. The number of rotatable bonds is 6. The molecule has 0 unspecified atom stereocenters. The van der Waals surface area contributed by atoms with Gasteiger partial charge in [-0.25, -0.2) is 0 Å². The van der Waals surface area contributed by atoms with E-state index in [-0.39, 0.29) is 11.6 Å². The average molecular weight is 312 g/mol. The van der Waals surface area contributed by atoms with E-state index in [9.17, 15) is 14.9 Å². The van der Waals surface area contributed by atoms with Crippen LogP contribution in [0.25, 0.3) is 0 Å². The monoisotopic (exact) mass is 312 g/mol. The molecular formula is C18H20N2O3. The summed E-state index contributed by atoms with van der Waals surface area (Å²) in [7, 11) is 0. The van der Waals surface area contributed by atoms with Crippen molar-refractivity contribution in [2.45, 2.75) is 33.1 Å². The molecule has 2 rings (SSSR count). The second kappa shape index (κ2) is 7.54. The molecule has 2 aromatic rings. The molecule has 0 aliphatic heterocycles. The van der Waals surface area contributed by atoms with Crippen molar-refractivity contribution < 1.29 is 9.72 Å². The van der Waals surface area contributed by atoms with E-state index >= 15 is 0 Å². The summed E-state index contributed by atoms with van der Waals surface area (Å²) in [5.74, 6) is -0.274. The third-order valence-electron chi connectivity index (χ3n) is 3.69. The largest absolute Gasteiger partial charge is 0.322 e. The van der Waals surface area contributed by atoms with Crippen LogP contribution in [0.1, 0.15) is 41.3 Å². The standard InChI is InChI=1S/C18H20N2O3/c1-3-4-5-14-6-9-16(10-7-14)19-18(21)15-8-11-17(20(22)23)13(2)12-15/h6-12H,3-5H2,1-2H3,(H,19,21). The van der Waals surface area contributed by atoms with Gasteiger partial charge in [0, 0.05) is 22.9 Å². The molecule has 0 heterocycles. The fraction of sp³-hybridized carbons (Fsp3) is 0.278. The molecule has 5 nitrogen and oxygen atoms in total. The van der Waals surface area contributed by atoms with Crippen molar-refractivity contribution in [3.05, 3.63) is 69.3 Å². The number of amides is 1. The van der Waals surface area contributed by atoms with Crippen LogP contribution in [0.15, 0.2) is 42.5 Å². The molecule has 0 bridgehead atoms. The Kier molecular flexibility index (Phi) is 5.46. The van der Waals surface area contributed by atoms with Crippen molar-refractivity contribution in [3.63, 3.8) is 0 Å². The number of aryl methyl sites for hydroxylation is 2. The van der Waals surface area contributed by atoms with Gasteiger partial charge in [0.25, 0.3) is 11.6 Å². The normalized spacial score (nSPS) is 10.3. The molecule has 23 heavy (non-hydrogen) atoms. The van der Waals surface area contributed by atoms with Gasteiger partial charge in [-0.05, 0) is 49.6 Å². The number of nitrogens with one attached hydrogen (secondary N) is 1. The van der Waals surface area contributed by atoms with Gasteiger partial charge >= 0.3 is 0 Å². The molecule has 0 saturated carbocycles. The lowest BCUT2D eigenvalue weighted by Gasteiger charge is -2.07. The number of unbranched alkanes of at least 4 members (excludes halogenated alkanes) is 1. The Balaban J connectivity index is 2.07. The Morgan fingerprint density at radius 2 is 1.87 bits per heavy atom. The quantitative estimate of drug-likeness (QED) is 0.630. The van der Waals surface area contributed by atoms with E-state index in [2.05, 4.69) is 12.2 Å². The van der Waals surface area contributed by atoms with E-state index in [0.29, 0.717) is 16.8 Å². The molecule has 0 fully saturated rings. The summed E-state index contributed by atoms with van der Waals surface area (Å²) in [6.07, 6.45) is 3.33. The summed E-state index contributed by atoms with van der Waals surface area (Å²) in [6, 6.07) is 12.1. The topological polar surface area (TPSA) is 72.2 Å². The third kappa shape index (κ3) is 4.39. The minimum absolute atomic E-state index is 0.0156. The molecule has 5 heteroatoms. The number of anilines is 1. The first kappa shape index (κ1) is 16.7. The summed E-state index contributed by atoms with van der Waals surface area (Å²) in [6.45, 7) is 3.78. The van der Waals surface area contributed by atoms with Crippen molar-refractivity contribution in [3.8, 4) is 0 Å². The van der Waals surface area contributed by atoms with Crippen molar-refractivity contribution >= 4 is 17.3 Å². The molecule has 1 N–H and O–H groups in total. The molecule has 0 spiro atoms. The lowest BCUT2D eigenvalue weighted by atomic mass is 10.1. The van der Waals surface area contributed by atoms with Gasteiger partial charge in [0.05, 0.1) is 4.92 Å². The number of benzene rings is 2. The zero-order valence-electron chi connectivity index (χ0n) is 13.3. The van der Waals surface area contributed by atoms with Crippen LogP contribution in [0.2, 0.25) is 0 Å². The van der Waals surface area contributed by atoms with Gasteiger partial charge < -0.3 is 5.32 Å². The number of hydrogen-bond donors (Lipinski definition) is 1. The first-order valence-corrected chi connectivity index (χ1v) is 7.66. The van der Waals surface area contributed by atoms with E-state index in [1.807, 2.05) is 24.3 Å². The summed E-state index contributed by atoms with van der Waals surface area (Å²) in [5, 5.41) is 13.6. The van der Waals surface area contributed by atoms with Crippen LogP contribution < -0.4 is 5.32 Å². The predicted octanol–water partition coefficient (Wildman–Crippen LogP) is 4.50. The predicted molar refractivity (Wildman–Crippen MR) is 90.8 cm³/mol. The molecular weight excluding hydrogens is 292 g/mol. The number of carbonyl (C=O) groups is 1. The van der Waals surface area contributed by atoms with Crippen LogP contribution in [0.3, 0.4) is 0 Å². The highest BCUT2D eigenvalue weighted by Crippen LogP contribution is 2.20. The fourth-order valence-corrected chi connectivity index (χ4v) is 2.34. The zero-order valence-corrected chi connectivity index (χ0v) is 13.3. The molecule has 0 atom stereocenters. The Labute approximate surface area is 135 Å². The summed E-state index contributed by atoms with van der Waals surface area (Å²) < 4.78 is 0. The van der Waals surface area contributed by atoms with Gasteiger partial charge in [-0.1, -0.05) is 25.5 Å². The molecule has 1 amide bonds. The van der Waals surface area contributed by atoms with Gasteiger partial charge in [-0.3, -0.25) is 14.9 Å². The molecule has 0 aromatic heterocycles. The van der Waals surface area contributed by atoms with Gasteiger partial charge in [-0.2, -0.15) is 0 Å². The maximum atomic E-state index is 12.2. The van der Waals surface area contributed by atoms with Crippen LogP contribution in [0.5, 0.6) is 0 Å². The summed E-state index contributed by atoms with van der Waals surface area (Å²) >= 11 is 0. The number of nitrogens with zero attached hydrogens (tertiary/aromatic N) is 1. The lowest BCUT2D eigenvalue weighted by molar-refractivity contribution is -0.385. The summed E-state index contributed by atoms with van der Waals surface area (Å²) in [4.78, 5) is 22.6. The number of nitro groups is 1. The number of carbonyl (C=O) groups excluding carboxylic acids is 1. The fourth-order valence-electron chi connectivity index (χ4n) is 2.34. The van der Waals surface area contributed by atoms with Gasteiger partial charge in [-0.15, -0.1) is 0 Å². The Hall–Kier alpha value is -2.69. The number of hydrogen-bond acceptors (Lipinski definition) is 3. The highest BCUT2D eigenvalue weighted by molar-refractivity contribution is 6.04. The maximum absolute atomic E-state index is 12.2. The molecule has 0 radical (unpaired) electrons. The maximum Gasteiger partial charge on any atom is 0.272 e. The average Bonchev–Trinajstić information content (AvgIpc) is 2.53. The van der Waals surface area contributed by atoms with Crippen LogP contribution in [-0.4, -0.2) is 10.8 Å². The Morgan fingerprint density at radius 1 is 1.17 bits per heavy atom. The highest BCUT2D eigenvalue weighted by Gasteiger charge is 2.13. The van der Waals surface area contributed by atoms with Crippen molar-refractivity contribution in [2.75, 3.05) is 5.32 Å². The van der Waals surface area contributed by atoms with Crippen molar-refractivity contribution in [1.29, 1.82) is 0 Å². The van der Waals surface area contributed by atoms with Gasteiger partial charge in [0.15, 0.2) is 0 Å². The Bertz CT molecular complexity index is 709. The Morgan fingerprint density at radius 3 is 2.43 bits per heavy atom. The SMILES string of the molecule is CCCCc1ccc(NC(=O)c2ccc([N+](=O)[O-])c(C)c2)cc1. The van der Waals surface area contributed by atoms with Crippen molar-refractivity contribution in [2.24, 2.45) is 0 Å². The van der Waals surface area contributed by atoms with E-state index in [0.717, 1.165) is 19.3 Å². The molecule has 0 aliphatic rings. The zero-order chi connectivity index (χ0) is 16.8. The van der Waals surface area contributed by atoms with Crippen LogP contribution in [0, 0.1) is 17.0 Å². The van der Waals surface area contributed by atoms with E-state index in [4.69, 9.17) is 0 Å². The van der Waals surface area contributed by atoms with Crippen LogP contribution in [-0.2, 0) is 6.42 Å². The first-order chi connectivity index (χ1) is 11.0. The molecule has 0 aliphatic carbocycles. The smallest absolute Gasteiger partial charge is 0.272 e. The van der Waals surface area contributed by atoms with Gasteiger partial charge in [0.1, 0.15) is 0 Å². The third-order valence-corrected chi connectivity index (χ3v) is 3.69. The number of nitro benzene ring substituents is 1. The molecule has 120 valence electrons. The van der Waals surface area contributed by atoms with Gasteiger partial charge in [0.2, 0.25) is 0 Å². The van der Waals surface area contributed by atoms with E-state index < -0.39 is 4.92 Å². The second-order valence-electron chi connectivity index (χ2n) is 5.51.